The molecular formula is C24H32N4O5S. The van der Waals surface area contributed by atoms with E-state index >= 15 is 0 Å². The van der Waals surface area contributed by atoms with Crippen molar-refractivity contribution in [3.63, 3.8) is 0 Å². The number of amides is 1. The first kappa shape index (κ1) is 28.5. The van der Waals surface area contributed by atoms with Crippen LogP contribution in [0.5, 0.6) is 23.0 Å². The molecular weight excluding hydrogens is 456 g/mol. The molecule has 0 radical (unpaired) electrons. The quantitative estimate of drug-likeness (QED) is 0.260. The van der Waals surface area contributed by atoms with Crippen molar-refractivity contribution in [2.24, 2.45) is 11.5 Å². The van der Waals surface area contributed by atoms with E-state index in [0.717, 1.165) is 11.3 Å². The molecule has 0 unspecified atom stereocenters. The van der Waals surface area contributed by atoms with Gasteiger partial charge in [-0.05, 0) is 59.9 Å². The second-order valence-corrected chi connectivity index (χ2v) is 7.86. The first-order valence-electron chi connectivity index (χ1n) is 10.2. The van der Waals surface area contributed by atoms with Crippen LogP contribution in [0.3, 0.4) is 0 Å². The molecule has 0 fully saturated rings. The minimum atomic E-state index is -0.461. The normalized spacial score (nSPS) is 11.4. The van der Waals surface area contributed by atoms with E-state index < -0.39 is 11.9 Å². The third-order valence-electron chi connectivity index (χ3n) is 4.66. The van der Waals surface area contributed by atoms with Crippen LogP contribution >= 0.6 is 11.8 Å². The lowest BCUT2D eigenvalue weighted by Crippen LogP contribution is -2.36. The molecule has 0 aliphatic rings. The average Bonchev–Trinajstić information content (AvgIpc) is 2.85. The van der Waals surface area contributed by atoms with Crippen molar-refractivity contribution in [2.45, 2.75) is 12.5 Å². The van der Waals surface area contributed by atoms with Crippen molar-refractivity contribution < 1.29 is 23.7 Å². The Labute approximate surface area is 204 Å². The summed E-state index contributed by atoms with van der Waals surface area (Å²) in [7, 11) is 6.14. The number of rotatable bonds is 10. The molecule has 1 atom stereocenters. The van der Waals surface area contributed by atoms with Gasteiger partial charge >= 0.3 is 0 Å². The highest BCUT2D eigenvalue weighted by atomic mass is 32.2. The predicted octanol–water partition coefficient (Wildman–Crippen LogP) is 2.92. The maximum absolute atomic E-state index is 10.3. The lowest BCUT2D eigenvalue weighted by molar-refractivity contribution is -0.119. The van der Waals surface area contributed by atoms with Crippen LogP contribution in [0, 0.1) is 11.3 Å². The molecule has 0 aliphatic carbocycles. The molecule has 0 heterocycles. The Morgan fingerprint density at radius 3 is 2.06 bits per heavy atom. The highest BCUT2D eigenvalue weighted by molar-refractivity contribution is 7.98. The van der Waals surface area contributed by atoms with Gasteiger partial charge in [0.2, 0.25) is 11.7 Å². The van der Waals surface area contributed by atoms with Crippen molar-refractivity contribution in [3.8, 4) is 29.1 Å². The minimum absolute atomic E-state index is 0.413. The Morgan fingerprint density at radius 1 is 1.06 bits per heavy atom. The zero-order chi connectivity index (χ0) is 25.7. The van der Waals surface area contributed by atoms with E-state index in [1.807, 2.05) is 12.3 Å². The summed E-state index contributed by atoms with van der Waals surface area (Å²) >= 11 is 1.66. The van der Waals surface area contributed by atoms with Crippen molar-refractivity contribution in [2.75, 3.05) is 46.2 Å². The van der Waals surface area contributed by atoms with Gasteiger partial charge in [-0.15, -0.1) is 0 Å². The lowest BCUT2D eigenvalue weighted by Gasteiger charge is -2.14. The standard InChI is InChI=1S/C19H20N2O4.C5H12N2OS/c1-22-16-6-5-12(8-15(16)21)7-14(11-20)13-9-17(23-2)19(25-4)18(10-13)24-3;1-9-3-2-4(6)5(7)8/h5-10H,21H2,1-4H3;4H,2-3,6H2,1H3,(H2,7,8)/b14-7-;/t;4-/m.0/s1. The van der Waals surface area contributed by atoms with Crippen LogP contribution in [0.15, 0.2) is 30.3 Å². The number of nitriles is 1. The molecule has 6 N–H and O–H groups in total. The number of allylic oxidation sites excluding steroid dienone is 1. The van der Waals surface area contributed by atoms with Crippen LogP contribution < -0.4 is 36.1 Å². The van der Waals surface area contributed by atoms with Crippen LogP contribution in [0.25, 0.3) is 11.6 Å². The molecule has 1 amide bonds. The number of nitrogen functional groups attached to an aromatic ring is 1. The van der Waals surface area contributed by atoms with Crippen molar-refractivity contribution in [1.82, 2.24) is 0 Å². The molecule has 2 aromatic carbocycles. The monoisotopic (exact) mass is 488 g/mol. The molecule has 0 spiro atoms. The van der Waals surface area contributed by atoms with E-state index in [0.29, 0.717) is 46.2 Å². The van der Waals surface area contributed by atoms with Crippen LogP contribution in [0.4, 0.5) is 5.69 Å². The summed E-state index contributed by atoms with van der Waals surface area (Å²) in [5.74, 6) is 2.50. The Balaban J connectivity index is 0.000000546. The molecule has 0 saturated heterocycles. The molecule has 10 heteroatoms. The molecule has 184 valence electrons. The summed E-state index contributed by atoms with van der Waals surface area (Å²) in [6.07, 6.45) is 4.38. The number of ether oxygens (including phenoxy) is 4. The van der Waals surface area contributed by atoms with Crippen molar-refractivity contribution >= 4 is 35.0 Å². The van der Waals surface area contributed by atoms with Gasteiger partial charge in [0.1, 0.15) is 5.75 Å². The number of nitrogens with two attached hydrogens (primary N) is 3. The SMILES string of the molecule is COc1ccc(/C=C(/C#N)c2cc(OC)c(OC)c(OC)c2)cc1N.CSCC[C@H](N)C(N)=O. The molecule has 0 saturated carbocycles. The Kier molecular flexibility index (Phi) is 12.2. The number of carbonyl (C=O) groups is 1. The zero-order valence-corrected chi connectivity index (χ0v) is 20.9. The summed E-state index contributed by atoms with van der Waals surface area (Å²) < 4.78 is 21.1. The lowest BCUT2D eigenvalue weighted by atomic mass is 10.0. The number of carbonyl (C=O) groups excluding carboxylic acids is 1. The molecule has 2 aromatic rings. The Morgan fingerprint density at radius 2 is 1.65 bits per heavy atom. The third kappa shape index (κ3) is 8.10. The van der Waals surface area contributed by atoms with Gasteiger partial charge in [-0.3, -0.25) is 4.79 Å². The highest BCUT2D eigenvalue weighted by Crippen LogP contribution is 2.40. The predicted molar refractivity (Wildman–Crippen MR) is 137 cm³/mol. The van der Waals surface area contributed by atoms with Gasteiger partial charge in [0, 0.05) is 0 Å². The van der Waals surface area contributed by atoms with Crippen molar-refractivity contribution in [1.29, 1.82) is 5.26 Å². The van der Waals surface area contributed by atoms with E-state index in [2.05, 4.69) is 6.07 Å². The largest absolute Gasteiger partial charge is 0.495 e. The van der Waals surface area contributed by atoms with E-state index in [1.165, 1.54) is 21.3 Å². The van der Waals surface area contributed by atoms with E-state index in [4.69, 9.17) is 36.1 Å². The summed E-state index contributed by atoms with van der Waals surface area (Å²) in [6, 6.07) is 10.5. The highest BCUT2D eigenvalue weighted by Gasteiger charge is 2.15. The second kappa shape index (κ2) is 14.6. The van der Waals surface area contributed by atoms with Crippen LogP contribution in [0.1, 0.15) is 17.5 Å². The van der Waals surface area contributed by atoms with Crippen LogP contribution in [-0.4, -0.2) is 52.4 Å². The Hall–Kier alpha value is -3.55. The fraction of sp³-hybridized carbons (Fsp3) is 0.333. The summed E-state index contributed by atoms with van der Waals surface area (Å²) in [6.45, 7) is 0. The fourth-order valence-electron chi connectivity index (χ4n) is 2.81. The van der Waals surface area contributed by atoms with Crippen LogP contribution in [0.2, 0.25) is 0 Å². The fourth-order valence-corrected chi connectivity index (χ4v) is 3.30. The number of thioether (sulfide) groups is 1. The van der Waals surface area contributed by atoms with E-state index in [1.54, 1.807) is 49.2 Å². The number of hydrogen-bond donors (Lipinski definition) is 3. The second-order valence-electron chi connectivity index (χ2n) is 6.88. The topological polar surface area (TPSA) is 156 Å². The molecule has 0 aromatic heterocycles. The van der Waals surface area contributed by atoms with Gasteiger partial charge in [-0.2, -0.15) is 17.0 Å². The van der Waals surface area contributed by atoms with Gasteiger partial charge in [0.05, 0.1) is 51.8 Å². The zero-order valence-electron chi connectivity index (χ0n) is 20.1. The first-order valence-corrected chi connectivity index (χ1v) is 11.5. The van der Waals surface area contributed by atoms with Gasteiger partial charge in [0.25, 0.3) is 0 Å². The molecule has 0 bridgehead atoms. The smallest absolute Gasteiger partial charge is 0.234 e. The number of nitrogens with zero attached hydrogens (tertiary/aromatic N) is 1. The van der Waals surface area contributed by atoms with E-state index in [-0.39, 0.29) is 0 Å². The number of benzene rings is 2. The van der Waals surface area contributed by atoms with E-state index in [9.17, 15) is 10.1 Å². The molecule has 9 nitrogen and oxygen atoms in total. The summed E-state index contributed by atoms with van der Waals surface area (Å²) in [5.41, 5.74) is 18.5. The van der Waals surface area contributed by atoms with Crippen molar-refractivity contribution in [3.05, 3.63) is 41.5 Å². The average molecular weight is 489 g/mol. The summed E-state index contributed by atoms with van der Waals surface area (Å²) in [4.78, 5) is 10.3. The van der Waals surface area contributed by atoms with Gasteiger partial charge in [-0.25, -0.2) is 0 Å². The maximum Gasteiger partial charge on any atom is 0.234 e. The third-order valence-corrected chi connectivity index (χ3v) is 5.30. The first-order chi connectivity index (χ1) is 16.3. The maximum atomic E-state index is 10.3. The van der Waals surface area contributed by atoms with Gasteiger partial charge < -0.3 is 36.1 Å². The van der Waals surface area contributed by atoms with Gasteiger partial charge in [0.15, 0.2) is 11.5 Å². The van der Waals surface area contributed by atoms with Gasteiger partial charge in [-0.1, -0.05) is 6.07 Å². The number of primary amides is 1. The number of hydrogen-bond acceptors (Lipinski definition) is 9. The molecule has 34 heavy (non-hydrogen) atoms. The Bertz CT molecular complexity index is 1010. The number of methoxy groups -OCH3 is 4. The van der Waals surface area contributed by atoms with Crippen LogP contribution in [-0.2, 0) is 4.79 Å². The summed E-state index contributed by atoms with van der Waals surface area (Å²) in [5, 5.41) is 9.58. The number of anilines is 1. The molecule has 0 aliphatic heterocycles. The minimum Gasteiger partial charge on any atom is -0.495 e. The molecule has 2 rings (SSSR count).